The SMILES string of the molecule is COc1cc2c(OCC[C@@H]3CCC(=O)N3)nccc2cc1SC(N)=O. The summed E-state index contributed by atoms with van der Waals surface area (Å²) in [7, 11) is 1.53. The van der Waals surface area contributed by atoms with E-state index in [0.717, 1.165) is 35.4 Å². The molecule has 2 amide bonds. The van der Waals surface area contributed by atoms with Gasteiger partial charge in [-0.25, -0.2) is 4.98 Å². The van der Waals surface area contributed by atoms with Crippen LogP contribution in [0.15, 0.2) is 29.3 Å². The van der Waals surface area contributed by atoms with Crippen LogP contribution in [0.2, 0.25) is 0 Å². The van der Waals surface area contributed by atoms with Gasteiger partial charge >= 0.3 is 0 Å². The third-order valence-corrected chi connectivity index (χ3v) is 4.75. The van der Waals surface area contributed by atoms with Crippen LogP contribution in [-0.4, -0.2) is 35.9 Å². The number of fused-ring (bicyclic) bond motifs is 1. The van der Waals surface area contributed by atoms with Gasteiger partial charge in [-0.3, -0.25) is 9.59 Å². The number of hydrogen-bond donors (Lipinski definition) is 2. The zero-order valence-corrected chi connectivity index (χ0v) is 14.6. The topological polar surface area (TPSA) is 104 Å². The highest BCUT2D eigenvalue weighted by atomic mass is 32.2. The van der Waals surface area contributed by atoms with Gasteiger partial charge in [0.1, 0.15) is 5.75 Å². The minimum atomic E-state index is -0.498. The van der Waals surface area contributed by atoms with Crippen LogP contribution in [0.1, 0.15) is 19.3 Å². The molecule has 1 aliphatic heterocycles. The molecule has 1 aliphatic rings. The van der Waals surface area contributed by atoms with Gasteiger partial charge in [0.05, 0.1) is 18.6 Å². The molecule has 132 valence electrons. The van der Waals surface area contributed by atoms with E-state index in [1.165, 1.54) is 7.11 Å². The lowest BCUT2D eigenvalue weighted by Gasteiger charge is -2.13. The Morgan fingerprint density at radius 3 is 3.00 bits per heavy atom. The highest BCUT2D eigenvalue weighted by Crippen LogP contribution is 2.36. The molecule has 0 saturated carbocycles. The van der Waals surface area contributed by atoms with Crippen molar-refractivity contribution in [3.63, 3.8) is 0 Å². The van der Waals surface area contributed by atoms with Crippen molar-refractivity contribution in [3.05, 3.63) is 24.4 Å². The van der Waals surface area contributed by atoms with Gasteiger partial charge in [-0.2, -0.15) is 0 Å². The Morgan fingerprint density at radius 2 is 2.32 bits per heavy atom. The molecule has 1 fully saturated rings. The van der Waals surface area contributed by atoms with E-state index in [0.29, 0.717) is 29.6 Å². The second-order valence-electron chi connectivity index (χ2n) is 5.70. The van der Waals surface area contributed by atoms with E-state index in [9.17, 15) is 9.59 Å². The summed E-state index contributed by atoms with van der Waals surface area (Å²) in [5, 5.41) is 4.09. The normalized spacial score (nSPS) is 16.7. The molecule has 3 N–H and O–H groups in total. The molecule has 7 nitrogen and oxygen atoms in total. The Kier molecular flexibility index (Phi) is 5.28. The number of methoxy groups -OCH3 is 1. The number of primary amides is 1. The van der Waals surface area contributed by atoms with Crippen molar-refractivity contribution in [3.8, 4) is 11.6 Å². The number of thioether (sulfide) groups is 1. The third kappa shape index (κ3) is 4.14. The first-order valence-corrected chi connectivity index (χ1v) is 8.74. The summed E-state index contributed by atoms with van der Waals surface area (Å²) in [5.41, 5.74) is 5.26. The standard InChI is InChI=1S/C17H19N3O4S/c1-23-13-9-12-10(8-14(13)25-17(18)22)4-6-19-16(12)24-7-5-11-2-3-15(21)20-11/h4,6,8-9,11H,2-3,5,7H2,1H3,(H2,18,22)(H,20,21)/t11-/m0/s1. The van der Waals surface area contributed by atoms with Crippen molar-refractivity contribution in [1.82, 2.24) is 10.3 Å². The molecule has 2 heterocycles. The molecule has 3 rings (SSSR count). The maximum atomic E-state index is 11.2. The minimum Gasteiger partial charge on any atom is -0.496 e. The zero-order valence-electron chi connectivity index (χ0n) is 13.8. The van der Waals surface area contributed by atoms with Crippen LogP contribution in [0.3, 0.4) is 0 Å². The first-order valence-electron chi connectivity index (χ1n) is 7.93. The maximum absolute atomic E-state index is 11.2. The molecule has 0 aliphatic carbocycles. The van der Waals surface area contributed by atoms with Gasteiger partial charge in [-0.1, -0.05) is 0 Å². The van der Waals surface area contributed by atoms with Crippen LogP contribution < -0.4 is 20.5 Å². The van der Waals surface area contributed by atoms with Crippen molar-refractivity contribution in [2.75, 3.05) is 13.7 Å². The lowest BCUT2D eigenvalue weighted by molar-refractivity contribution is -0.119. The fraction of sp³-hybridized carbons (Fsp3) is 0.353. The number of nitrogens with zero attached hydrogens (tertiary/aromatic N) is 1. The number of hydrogen-bond acceptors (Lipinski definition) is 6. The summed E-state index contributed by atoms with van der Waals surface area (Å²) in [5.74, 6) is 1.13. The highest BCUT2D eigenvalue weighted by molar-refractivity contribution is 8.13. The summed E-state index contributed by atoms with van der Waals surface area (Å²) < 4.78 is 11.2. The highest BCUT2D eigenvalue weighted by Gasteiger charge is 2.20. The van der Waals surface area contributed by atoms with Gasteiger partial charge in [0.15, 0.2) is 0 Å². The van der Waals surface area contributed by atoms with Gasteiger partial charge in [-0.15, -0.1) is 0 Å². The predicted octanol–water partition coefficient (Wildman–Crippen LogP) is 2.46. The minimum absolute atomic E-state index is 0.0949. The van der Waals surface area contributed by atoms with Crippen molar-refractivity contribution >= 4 is 33.7 Å². The monoisotopic (exact) mass is 361 g/mol. The van der Waals surface area contributed by atoms with Gasteiger partial charge < -0.3 is 20.5 Å². The number of benzene rings is 1. The van der Waals surface area contributed by atoms with E-state index >= 15 is 0 Å². The molecule has 0 radical (unpaired) electrons. The number of pyridine rings is 1. The van der Waals surface area contributed by atoms with Crippen molar-refractivity contribution < 1.29 is 19.1 Å². The second kappa shape index (κ2) is 7.60. The number of nitrogens with two attached hydrogens (primary N) is 1. The summed E-state index contributed by atoms with van der Waals surface area (Å²) >= 11 is 0.918. The van der Waals surface area contributed by atoms with Crippen LogP contribution in [0.4, 0.5) is 4.79 Å². The van der Waals surface area contributed by atoms with E-state index in [1.807, 2.05) is 12.1 Å². The number of ether oxygens (including phenoxy) is 2. The molecule has 2 aromatic rings. The van der Waals surface area contributed by atoms with E-state index in [1.54, 1.807) is 12.3 Å². The van der Waals surface area contributed by atoms with E-state index < -0.39 is 5.24 Å². The third-order valence-electron chi connectivity index (χ3n) is 4.01. The molecule has 1 atom stereocenters. The van der Waals surface area contributed by atoms with Crippen LogP contribution in [-0.2, 0) is 4.79 Å². The van der Waals surface area contributed by atoms with Crippen molar-refractivity contribution in [2.45, 2.75) is 30.2 Å². The lowest BCUT2D eigenvalue weighted by Crippen LogP contribution is -2.26. The van der Waals surface area contributed by atoms with Gasteiger partial charge in [0.2, 0.25) is 11.8 Å². The summed E-state index contributed by atoms with van der Waals surface area (Å²) in [6, 6.07) is 5.62. The number of carbonyl (C=O) groups is 2. The first-order chi connectivity index (χ1) is 12.1. The molecule has 0 unspecified atom stereocenters. The Hall–Kier alpha value is -2.48. The van der Waals surface area contributed by atoms with E-state index in [2.05, 4.69) is 10.3 Å². The number of nitrogens with one attached hydrogen (secondary N) is 1. The fourth-order valence-corrected chi connectivity index (χ4v) is 3.45. The van der Waals surface area contributed by atoms with Crippen LogP contribution >= 0.6 is 11.8 Å². The maximum Gasteiger partial charge on any atom is 0.281 e. The average Bonchev–Trinajstić information content (AvgIpc) is 2.99. The summed E-state index contributed by atoms with van der Waals surface area (Å²) in [4.78, 5) is 27.4. The molecule has 25 heavy (non-hydrogen) atoms. The van der Waals surface area contributed by atoms with Crippen LogP contribution in [0.25, 0.3) is 10.8 Å². The molecule has 8 heteroatoms. The largest absolute Gasteiger partial charge is 0.496 e. The number of carbonyl (C=O) groups excluding carboxylic acids is 2. The average molecular weight is 361 g/mol. The molecule has 1 saturated heterocycles. The molecular formula is C17H19N3O4S. The van der Waals surface area contributed by atoms with E-state index in [4.69, 9.17) is 15.2 Å². The Morgan fingerprint density at radius 1 is 1.48 bits per heavy atom. The van der Waals surface area contributed by atoms with E-state index in [-0.39, 0.29) is 11.9 Å². The lowest BCUT2D eigenvalue weighted by atomic mass is 10.1. The van der Waals surface area contributed by atoms with Crippen LogP contribution in [0, 0.1) is 0 Å². The summed E-state index contributed by atoms with van der Waals surface area (Å²) in [6.45, 7) is 0.456. The van der Waals surface area contributed by atoms with Gasteiger partial charge in [-0.05, 0) is 41.8 Å². The second-order valence-corrected chi connectivity index (χ2v) is 6.75. The quantitative estimate of drug-likeness (QED) is 0.766. The Balaban J connectivity index is 1.78. The number of amides is 2. The Bertz CT molecular complexity index is 812. The summed E-state index contributed by atoms with van der Waals surface area (Å²) in [6.07, 6.45) is 3.80. The van der Waals surface area contributed by atoms with Crippen molar-refractivity contribution in [2.24, 2.45) is 5.73 Å². The Labute approximate surface area is 149 Å². The number of rotatable bonds is 6. The smallest absolute Gasteiger partial charge is 0.281 e. The van der Waals surface area contributed by atoms with Crippen LogP contribution in [0.5, 0.6) is 11.6 Å². The van der Waals surface area contributed by atoms with Gasteiger partial charge in [0.25, 0.3) is 5.24 Å². The molecular weight excluding hydrogens is 342 g/mol. The van der Waals surface area contributed by atoms with Gasteiger partial charge in [0, 0.05) is 30.5 Å². The predicted molar refractivity (Wildman–Crippen MR) is 95.0 cm³/mol. The molecule has 0 spiro atoms. The molecule has 0 bridgehead atoms. The number of aromatic nitrogens is 1. The van der Waals surface area contributed by atoms with Crippen molar-refractivity contribution in [1.29, 1.82) is 0 Å². The molecule has 1 aromatic carbocycles. The fourth-order valence-electron chi connectivity index (χ4n) is 2.81. The first kappa shape index (κ1) is 17.3. The molecule has 1 aromatic heterocycles. The zero-order chi connectivity index (χ0) is 17.8.